The molecule has 1 rings (SSSR count). The maximum absolute atomic E-state index is 11.4. The van der Waals surface area contributed by atoms with E-state index in [4.69, 9.17) is 5.73 Å². The number of ether oxygens (including phenoxy) is 1. The molecule has 0 saturated carbocycles. The molecule has 0 bridgehead atoms. The van der Waals surface area contributed by atoms with Crippen molar-refractivity contribution in [3.8, 4) is 0 Å². The summed E-state index contributed by atoms with van der Waals surface area (Å²) in [5, 5.41) is 0. The van der Waals surface area contributed by atoms with Crippen molar-refractivity contribution < 1.29 is 9.53 Å². The van der Waals surface area contributed by atoms with Gasteiger partial charge in [-0.1, -0.05) is 34.1 Å². The third-order valence-electron chi connectivity index (χ3n) is 2.04. The Hall–Kier alpha value is -0.870. The molecular weight excluding hydrogens is 246 g/mol. The van der Waals surface area contributed by atoms with Crippen LogP contribution in [0.2, 0.25) is 0 Å². The topological polar surface area (TPSA) is 52.3 Å². The smallest absolute Gasteiger partial charge is 0.330 e. The lowest BCUT2D eigenvalue weighted by Crippen LogP contribution is -2.42. The summed E-state index contributed by atoms with van der Waals surface area (Å²) >= 11 is 3.34. The summed E-state index contributed by atoms with van der Waals surface area (Å²) in [7, 11) is 1.32. The lowest BCUT2D eigenvalue weighted by atomic mass is 9.93. The van der Waals surface area contributed by atoms with Crippen molar-refractivity contribution in [2.24, 2.45) is 5.73 Å². The summed E-state index contributed by atoms with van der Waals surface area (Å²) in [6.07, 6.45) is 0. The van der Waals surface area contributed by atoms with Gasteiger partial charge in [0.2, 0.25) is 0 Å². The molecule has 2 N–H and O–H groups in total. The van der Waals surface area contributed by atoms with E-state index in [1.54, 1.807) is 13.0 Å². The molecule has 3 nitrogen and oxygen atoms in total. The van der Waals surface area contributed by atoms with E-state index in [-0.39, 0.29) is 0 Å². The number of carbonyl (C=O) groups excluding carboxylic acids is 1. The molecule has 0 spiro atoms. The van der Waals surface area contributed by atoms with Crippen molar-refractivity contribution >= 4 is 21.9 Å². The molecule has 0 saturated heterocycles. The van der Waals surface area contributed by atoms with Gasteiger partial charge >= 0.3 is 5.97 Å². The number of rotatable bonds is 2. The second-order valence-electron chi connectivity index (χ2n) is 3.17. The molecule has 0 fully saturated rings. The van der Waals surface area contributed by atoms with Crippen LogP contribution < -0.4 is 5.73 Å². The Balaban J connectivity index is 3.16. The number of benzene rings is 1. The number of hydrogen-bond acceptors (Lipinski definition) is 3. The summed E-state index contributed by atoms with van der Waals surface area (Å²) in [5.41, 5.74) is 5.49. The zero-order chi connectivity index (χ0) is 10.8. The van der Waals surface area contributed by atoms with Crippen molar-refractivity contribution in [3.63, 3.8) is 0 Å². The SMILES string of the molecule is COC(=O)[C@](C)(N)c1ccccc1Br. The van der Waals surface area contributed by atoms with Crippen molar-refractivity contribution in [2.75, 3.05) is 7.11 Å². The maximum atomic E-state index is 11.4. The van der Waals surface area contributed by atoms with Crippen LogP contribution in [0.1, 0.15) is 12.5 Å². The van der Waals surface area contributed by atoms with Gasteiger partial charge in [0, 0.05) is 4.47 Å². The van der Waals surface area contributed by atoms with E-state index in [9.17, 15) is 4.79 Å². The van der Waals surface area contributed by atoms with Gasteiger partial charge < -0.3 is 10.5 Å². The maximum Gasteiger partial charge on any atom is 0.330 e. The van der Waals surface area contributed by atoms with E-state index in [1.807, 2.05) is 18.2 Å². The minimum absolute atomic E-state index is 0.454. The van der Waals surface area contributed by atoms with Crippen molar-refractivity contribution in [1.29, 1.82) is 0 Å². The van der Waals surface area contributed by atoms with Crippen molar-refractivity contribution in [3.05, 3.63) is 34.3 Å². The second-order valence-corrected chi connectivity index (χ2v) is 4.03. The quantitative estimate of drug-likeness (QED) is 0.823. The van der Waals surface area contributed by atoms with Gasteiger partial charge in [-0.3, -0.25) is 0 Å². The minimum Gasteiger partial charge on any atom is -0.467 e. The van der Waals surface area contributed by atoms with Crippen LogP contribution in [-0.4, -0.2) is 13.1 Å². The highest BCUT2D eigenvalue weighted by atomic mass is 79.9. The Morgan fingerprint density at radius 2 is 2.07 bits per heavy atom. The first kappa shape index (κ1) is 11.2. The molecule has 0 aliphatic carbocycles. The summed E-state index contributed by atoms with van der Waals surface area (Å²) < 4.78 is 5.44. The number of methoxy groups -OCH3 is 1. The molecule has 1 aromatic rings. The molecule has 0 aromatic heterocycles. The third-order valence-corrected chi connectivity index (χ3v) is 2.73. The molecule has 14 heavy (non-hydrogen) atoms. The van der Waals surface area contributed by atoms with Gasteiger partial charge in [-0.05, 0) is 18.6 Å². The van der Waals surface area contributed by atoms with E-state index >= 15 is 0 Å². The molecule has 0 unspecified atom stereocenters. The summed E-state index contributed by atoms with van der Waals surface area (Å²) in [5.74, 6) is -0.454. The highest BCUT2D eigenvalue weighted by molar-refractivity contribution is 9.10. The lowest BCUT2D eigenvalue weighted by Gasteiger charge is -2.22. The van der Waals surface area contributed by atoms with Crippen LogP contribution in [0, 0.1) is 0 Å². The van der Waals surface area contributed by atoms with Crippen LogP contribution in [0.25, 0.3) is 0 Å². The zero-order valence-electron chi connectivity index (χ0n) is 8.08. The summed E-state index contributed by atoms with van der Waals surface area (Å²) in [6.45, 7) is 1.62. The lowest BCUT2D eigenvalue weighted by molar-refractivity contribution is -0.146. The molecule has 4 heteroatoms. The summed E-state index contributed by atoms with van der Waals surface area (Å²) in [4.78, 5) is 11.4. The molecular formula is C10H12BrNO2. The Kier molecular flexibility index (Phi) is 3.29. The molecule has 0 radical (unpaired) electrons. The fourth-order valence-electron chi connectivity index (χ4n) is 1.20. The first-order chi connectivity index (χ1) is 6.50. The van der Waals surface area contributed by atoms with Crippen LogP contribution in [0.15, 0.2) is 28.7 Å². The summed E-state index contributed by atoms with van der Waals surface area (Å²) in [6, 6.07) is 7.32. The Labute approximate surface area is 91.4 Å². The average Bonchev–Trinajstić information content (AvgIpc) is 2.17. The van der Waals surface area contributed by atoms with Gasteiger partial charge in [0.15, 0.2) is 0 Å². The van der Waals surface area contributed by atoms with Crippen LogP contribution in [-0.2, 0) is 15.1 Å². The van der Waals surface area contributed by atoms with Crippen molar-refractivity contribution in [1.82, 2.24) is 0 Å². The van der Waals surface area contributed by atoms with Gasteiger partial charge in [0.05, 0.1) is 7.11 Å². The number of esters is 1. The minimum atomic E-state index is -1.12. The first-order valence-electron chi connectivity index (χ1n) is 4.12. The zero-order valence-corrected chi connectivity index (χ0v) is 9.67. The van der Waals surface area contributed by atoms with E-state index in [2.05, 4.69) is 20.7 Å². The predicted octanol–water partition coefficient (Wildman–Crippen LogP) is 1.80. The fraction of sp³-hybridized carbons (Fsp3) is 0.300. The van der Waals surface area contributed by atoms with Gasteiger partial charge in [-0.25, -0.2) is 4.79 Å². The Morgan fingerprint density at radius 3 is 2.57 bits per heavy atom. The van der Waals surface area contributed by atoms with Crippen molar-refractivity contribution in [2.45, 2.75) is 12.5 Å². The van der Waals surface area contributed by atoms with E-state index in [1.165, 1.54) is 7.11 Å². The van der Waals surface area contributed by atoms with Crippen LogP contribution >= 0.6 is 15.9 Å². The monoisotopic (exact) mass is 257 g/mol. The number of halogens is 1. The van der Waals surface area contributed by atoms with Crippen LogP contribution in [0.4, 0.5) is 0 Å². The number of carbonyl (C=O) groups is 1. The molecule has 0 aliphatic heterocycles. The van der Waals surface area contributed by atoms with E-state index in [0.717, 1.165) is 4.47 Å². The Morgan fingerprint density at radius 1 is 1.50 bits per heavy atom. The molecule has 1 aromatic carbocycles. The van der Waals surface area contributed by atoms with Gasteiger partial charge in [-0.15, -0.1) is 0 Å². The van der Waals surface area contributed by atoms with E-state index < -0.39 is 11.5 Å². The highest BCUT2D eigenvalue weighted by Crippen LogP contribution is 2.26. The number of hydrogen-bond donors (Lipinski definition) is 1. The predicted molar refractivity (Wildman–Crippen MR) is 57.7 cm³/mol. The van der Waals surface area contributed by atoms with Gasteiger partial charge in [0.25, 0.3) is 0 Å². The third kappa shape index (κ3) is 1.96. The first-order valence-corrected chi connectivity index (χ1v) is 4.91. The van der Waals surface area contributed by atoms with Gasteiger partial charge in [0.1, 0.15) is 5.54 Å². The molecule has 0 amide bonds. The van der Waals surface area contributed by atoms with E-state index in [0.29, 0.717) is 5.56 Å². The average molecular weight is 258 g/mol. The van der Waals surface area contributed by atoms with Crippen LogP contribution in [0.5, 0.6) is 0 Å². The van der Waals surface area contributed by atoms with Gasteiger partial charge in [-0.2, -0.15) is 0 Å². The molecule has 0 heterocycles. The molecule has 1 atom stereocenters. The molecule has 76 valence electrons. The molecule has 0 aliphatic rings. The second kappa shape index (κ2) is 4.11. The number of nitrogens with two attached hydrogens (primary N) is 1. The Bertz CT molecular complexity index is 350. The standard InChI is InChI=1S/C10H12BrNO2/c1-10(12,9(13)14-2)7-5-3-4-6-8(7)11/h3-6H,12H2,1-2H3/t10-/m1/s1. The highest BCUT2D eigenvalue weighted by Gasteiger charge is 2.33. The van der Waals surface area contributed by atoms with Crippen LogP contribution in [0.3, 0.4) is 0 Å². The normalized spacial score (nSPS) is 14.6. The fourth-order valence-corrected chi connectivity index (χ4v) is 1.90. The largest absolute Gasteiger partial charge is 0.467 e.